The van der Waals surface area contributed by atoms with Gasteiger partial charge in [-0.05, 0) is 31.4 Å². The second-order valence-corrected chi connectivity index (χ2v) is 5.81. The van der Waals surface area contributed by atoms with Crippen LogP contribution in [0, 0.1) is 0 Å². The highest BCUT2D eigenvalue weighted by molar-refractivity contribution is 5.91. The smallest absolute Gasteiger partial charge is 0.271 e. The molecule has 6 nitrogen and oxygen atoms in total. The molecule has 1 amide bonds. The lowest BCUT2D eigenvalue weighted by atomic mass is 10.1. The fourth-order valence-corrected chi connectivity index (χ4v) is 2.39. The average molecular weight is 343 g/mol. The summed E-state index contributed by atoms with van der Waals surface area (Å²) in [6.07, 6.45) is 1.52. The molecular formula is C19H25N3O3. The zero-order valence-corrected chi connectivity index (χ0v) is 14.8. The molecule has 1 aromatic carbocycles. The maximum atomic E-state index is 12.1. The molecule has 1 aromatic heterocycles. The van der Waals surface area contributed by atoms with Gasteiger partial charge < -0.3 is 10.1 Å². The number of benzene rings is 1. The van der Waals surface area contributed by atoms with Crippen LogP contribution >= 0.6 is 0 Å². The molecule has 0 spiro atoms. The van der Waals surface area contributed by atoms with Gasteiger partial charge in [-0.1, -0.05) is 37.3 Å². The van der Waals surface area contributed by atoms with E-state index in [4.69, 9.17) is 4.74 Å². The van der Waals surface area contributed by atoms with Crippen LogP contribution in [-0.4, -0.2) is 28.8 Å². The predicted molar refractivity (Wildman–Crippen MR) is 96.5 cm³/mol. The molecular weight excluding hydrogens is 318 g/mol. The largest absolute Gasteiger partial charge is 0.374 e. The molecule has 0 radical (unpaired) electrons. The van der Waals surface area contributed by atoms with E-state index in [0.717, 1.165) is 12.0 Å². The van der Waals surface area contributed by atoms with E-state index in [-0.39, 0.29) is 23.3 Å². The van der Waals surface area contributed by atoms with Crippen molar-refractivity contribution in [3.63, 3.8) is 0 Å². The first-order valence-corrected chi connectivity index (χ1v) is 8.64. The highest BCUT2D eigenvalue weighted by atomic mass is 16.5. The van der Waals surface area contributed by atoms with Gasteiger partial charge in [0.2, 0.25) is 0 Å². The summed E-state index contributed by atoms with van der Waals surface area (Å²) >= 11 is 0. The van der Waals surface area contributed by atoms with E-state index < -0.39 is 0 Å². The molecule has 2 aromatic rings. The number of ether oxygens (including phenoxy) is 1. The molecule has 1 heterocycles. The molecule has 6 heteroatoms. The predicted octanol–water partition coefficient (Wildman–Crippen LogP) is 2.55. The van der Waals surface area contributed by atoms with E-state index in [1.165, 1.54) is 16.8 Å². The summed E-state index contributed by atoms with van der Waals surface area (Å²) in [6.45, 7) is 5.52. The second kappa shape index (κ2) is 9.74. The third kappa shape index (κ3) is 5.83. The van der Waals surface area contributed by atoms with E-state index >= 15 is 0 Å². The Morgan fingerprint density at radius 2 is 2.00 bits per heavy atom. The Morgan fingerprint density at radius 1 is 1.24 bits per heavy atom. The Balaban J connectivity index is 1.74. The number of carbonyl (C=O) groups is 1. The van der Waals surface area contributed by atoms with Crippen molar-refractivity contribution < 1.29 is 9.53 Å². The Kier molecular flexibility index (Phi) is 7.35. The normalized spacial score (nSPS) is 11.9. The van der Waals surface area contributed by atoms with Gasteiger partial charge in [0.05, 0.1) is 6.10 Å². The Bertz CT molecular complexity index is 728. The summed E-state index contributed by atoms with van der Waals surface area (Å²) in [4.78, 5) is 23.7. The van der Waals surface area contributed by atoms with Crippen molar-refractivity contribution in [2.75, 3.05) is 13.2 Å². The van der Waals surface area contributed by atoms with Crippen LogP contribution in [0.5, 0.6) is 0 Å². The Morgan fingerprint density at radius 3 is 2.72 bits per heavy atom. The number of aryl methyl sites for hydroxylation is 1. The number of carbonyl (C=O) groups excluding carboxylic acids is 1. The minimum absolute atomic E-state index is 0.0242. The van der Waals surface area contributed by atoms with E-state index in [0.29, 0.717) is 26.1 Å². The second-order valence-electron chi connectivity index (χ2n) is 5.81. The first kappa shape index (κ1) is 18.9. The molecule has 0 fully saturated rings. The molecule has 0 saturated heterocycles. The van der Waals surface area contributed by atoms with Gasteiger partial charge in [-0.25, -0.2) is 4.68 Å². The van der Waals surface area contributed by atoms with Crippen LogP contribution in [0.25, 0.3) is 0 Å². The fraction of sp³-hybridized carbons (Fsp3) is 0.421. The van der Waals surface area contributed by atoms with Crippen LogP contribution in [-0.2, 0) is 11.3 Å². The molecule has 134 valence electrons. The summed E-state index contributed by atoms with van der Waals surface area (Å²) < 4.78 is 7.09. The summed E-state index contributed by atoms with van der Waals surface area (Å²) in [7, 11) is 0. The summed E-state index contributed by atoms with van der Waals surface area (Å²) in [5, 5.41) is 6.89. The van der Waals surface area contributed by atoms with Crippen molar-refractivity contribution >= 4 is 5.91 Å². The van der Waals surface area contributed by atoms with Crippen molar-refractivity contribution in [1.29, 1.82) is 0 Å². The van der Waals surface area contributed by atoms with Crippen LogP contribution in [0.4, 0.5) is 0 Å². The van der Waals surface area contributed by atoms with Gasteiger partial charge in [0, 0.05) is 25.8 Å². The van der Waals surface area contributed by atoms with E-state index in [1.807, 2.05) is 44.2 Å². The van der Waals surface area contributed by atoms with Crippen molar-refractivity contribution in [2.24, 2.45) is 0 Å². The quantitative estimate of drug-likeness (QED) is 0.710. The molecule has 0 aliphatic carbocycles. The number of amides is 1. The van der Waals surface area contributed by atoms with Crippen LogP contribution in [0.2, 0.25) is 0 Å². The van der Waals surface area contributed by atoms with Crippen LogP contribution in [0.3, 0.4) is 0 Å². The minimum atomic E-state index is -0.277. The third-order valence-corrected chi connectivity index (χ3v) is 3.78. The molecule has 0 aliphatic heterocycles. The van der Waals surface area contributed by atoms with Gasteiger partial charge in [-0.2, -0.15) is 5.10 Å². The topological polar surface area (TPSA) is 73.2 Å². The van der Waals surface area contributed by atoms with Gasteiger partial charge in [-0.15, -0.1) is 0 Å². The maximum absolute atomic E-state index is 12.1. The minimum Gasteiger partial charge on any atom is -0.374 e. The van der Waals surface area contributed by atoms with E-state index in [9.17, 15) is 9.59 Å². The van der Waals surface area contributed by atoms with Crippen molar-refractivity contribution in [1.82, 2.24) is 15.1 Å². The van der Waals surface area contributed by atoms with Gasteiger partial charge in [-0.3, -0.25) is 9.59 Å². The zero-order chi connectivity index (χ0) is 18.1. The van der Waals surface area contributed by atoms with Gasteiger partial charge in [0.25, 0.3) is 11.5 Å². The highest BCUT2D eigenvalue weighted by Gasteiger charge is 2.09. The zero-order valence-electron chi connectivity index (χ0n) is 14.8. The molecule has 2 rings (SSSR count). The van der Waals surface area contributed by atoms with Crippen molar-refractivity contribution in [3.05, 3.63) is 64.1 Å². The number of aromatic nitrogens is 2. The SMILES string of the molecule is CCCn1nc(C(=O)NCCCO[C@H](C)c2ccccc2)ccc1=O. The van der Waals surface area contributed by atoms with Crippen LogP contribution < -0.4 is 10.9 Å². The first-order chi connectivity index (χ1) is 12.1. The molecule has 0 unspecified atom stereocenters. The van der Waals surface area contributed by atoms with Crippen molar-refractivity contribution in [3.8, 4) is 0 Å². The molecule has 0 bridgehead atoms. The van der Waals surface area contributed by atoms with Gasteiger partial charge in [0.15, 0.2) is 0 Å². The van der Waals surface area contributed by atoms with E-state index in [2.05, 4.69) is 10.4 Å². The Labute approximate surface area is 147 Å². The molecule has 25 heavy (non-hydrogen) atoms. The summed E-state index contributed by atoms with van der Waals surface area (Å²) in [5.41, 5.74) is 1.20. The number of hydrogen-bond acceptors (Lipinski definition) is 4. The molecule has 1 N–H and O–H groups in total. The standard InChI is InChI=1S/C19H25N3O3/c1-3-13-22-18(23)11-10-17(21-22)19(24)20-12-7-14-25-15(2)16-8-5-4-6-9-16/h4-6,8-11,15H,3,7,12-14H2,1-2H3,(H,20,24)/t15-/m1/s1. The number of nitrogens with one attached hydrogen (secondary N) is 1. The Hall–Kier alpha value is -2.47. The lowest BCUT2D eigenvalue weighted by Gasteiger charge is -2.13. The lowest BCUT2D eigenvalue weighted by molar-refractivity contribution is 0.0634. The third-order valence-electron chi connectivity index (χ3n) is 3.78. The van der Waals surface area contributed by atoms with Gasteiger partial charge >= 0.3 is 0 Å². The molecule has 1 atom stereocenters. The first-order valence-electron chi connectivity index (χ1n) is 8.64. The lowest BCUT2D eigenvalue weighted by Crippen LogP contribution is -2.30. The molecule has 0 saturated carbocycles. The van der Waals surface area contributed by atoms with Crippen molar-refractivity contribution in [2.45, 2.75) is 39.3 Å². The fourth-order valence-electron chi connectivity index (χ4n) is 2.39. The average Bonchev–Trinajstić information content (AvgIpc) is 2.63. The molecule has 0 aliphatic rings. The number of nitrogens with zero attached hydrogens (tertiary/aromatic N) is 2. The monoisotopic (exact) mass is 343 g/mol. The van der Waals surface area contributed by atoms with E-state index in [1.54, 1.807) is 0 Å². The van der Waals surface area contributed by atoms with Crippen LogP contribution in [0.15, 0.2) is 47.3 Å². The number of rotatable bonds is 9. The van der Waals surface area contributed by atoms with Crippen LogP contribution in [0.1, 0.15) is 48.8 Å². The maximum Gasteiger partial charge on any atom is 0.271 e. The summed E-state index contributed by atoms with van der Waals surface area (Å²) in [5.74, 6) is -0.277. The number of hydrogen-bond donors (Lipinski definition) is 1. The highest BCUT2D eigenvalue weighted by Crippen LogP contribution is 2.15. The summed E-state index contributed by atoms with van der Waals surface area (Å²) in [6, 6.07) is 12.8. The van der Waals surface area contributed by atoms with Gasteiger partial charge in [0.1, 0.15) is 5.69 Å².